The molecule has 1 aromatic carbocycles. The van der Waals surface area contributed by atoms with Crippen LogP contribution in [0.5, 0.6) is 0 Å². The molecule has 1 N–H and O–H groups in total. The van der Waals surface area contributed by atoms with Crippen LogP contribution in [0.2, 0.25) is 0 Å². The smallest absolute Gasteiger partial charge is 0.341 e. The first-order chi connectivity index (χ1) is 8.09. The van der Waals surface area contributed by atoms with Gasteiger partial charge in [-0.25, -0.2) is 4.79 Å². The van der Waals surface area contributed by atoms with Gasteiger partial charge in [0.2, 0.25) is 0 Å². The monoisotopic (exact) mass is 255 g/mol. The SMILES string of the molecule is O=C(OS(=O)(=O)c1ccccc1)[C@@H]1CCCN1. The molecule has 1 aliphatic heterocycles. The van der Waals surface area contributed by atoms with Crippen LogP contribution < -0.4 is 5.32 Å². The highest BCUT2D eigenvalue weighted by molar-refractivity contribution is 7.87. The number of carbonyl (C=O) groups is 1. The normalized spacial score (nSPS) is 20.1. The third-order valence-corrected chi connectivity index (χ3v) is 3.80. The summed E-state index contributed by atoms with van der Waals surface area (Å²) in [6, 6.07) is 7.13. The number of benzene rings is 1. The van der Waals surface area contributed by atoms with E-state index in [1.54, 1.807) is 18.2 Å². The summed E-state index contributed by atoms with van der Waals surface area (Å²) in [5.41, 5.74) is 0. The van der Waals surface area contributed by atoms with E-state index >= 15 is 0 Å². The number of nitrogens with one attached hydrogen (secondary N) is 1. The Kier molecular flexibility index (Phi) is 3.44. The van der Waals surface area contributed by atoms with Crippen molar-refractivity contribution in [2.75, 3.05) is 6.54 Å². The quantitative estimate of drug-likeness (QED) is 0.804. The second-order valence-electron chi connectivity index (χ2n) is 3.82. The van der Waals surface area contributed by atoms with Crippen LogP contribution in [-0.4, -0.2) is 27.0 Å². The molecule has 5 nitrogen and oxygen atoms in total. The van der Waals surface area contributed by atoms with Gasteiger partial charge in [-0.3, -0.25) is 0 Å². The largest absolute Gasteiger partial charge is 0.341 e. The second-order valence-corrected chi connectivity index (χ2v) is 5.36. The van der Waals surface area contributed by atoms with Crippen LogP contribution in [-0.2, 0) is 19.1 Å². The molecule has 0 radical (unpaired) electrons. The Morgan fingerprint density at radius 1 is 1.29 bits per heavy atom. The van der Waals surface area contributed by atoms with Crippen LogP contribution in [0.25, 0.3) is 0 Å². The summed E-state index contributed by atoms with van der Waals surface area (Å²) >= 11 is 0. The first-order valence-corrected chi connectivity index (χ1v) is 6.77. The Balaban J connectivity index is 2.10. The minimum Gasteiger partial charge on any atom is -0.341 e. The van der Waals surface area contributed by atoms with E-state index in [9.17, 15) is 13.2 Å². The fraction of sp³-hybridized carbons (Fsp3) is 0.364. The zero-order valence-electron chi connectivity index (χ0n) is 9.13. The molecule has 92 valence electrons. The van der Waals surface area contributed by atoms with E-state index in [-0.39, 0.29) is 4.90 Å². The van der Waals surface area contributed by atoms with Gasteiger partial charge in [0.05, 0.1) is 0 Å². The van der Waals surface area contributed by atoms with Gasteiger partial charge in [0.25, 0.3) is 0 Å². The topological polar surface area (TPSA) is 72.5 Å². The molecule has 0 spiro atoms. The van der Waals surface area contributed by atoms with Gasteiger partial charge in [0, 0.05) is 0 Å². The summed E-state index contributed by atoms with van der Waals surface area (Å²) < 4.78 is 28.0. The lowest BCUT2D eigenvalue weighted by Crippen LogP contribution is -2.33. The van der Waals surface area contributed by atoms with Crippen LogP contribution in [0.3, 0.4) is 0 Å². The zero-order chi connectivity index (χ0) is 12.3. The summed E-state index contributed by atoms with van der Waals surface area (Å²) in [6.07, 6.45) is 1.47. The van der Waals surface area contributed by atoms with Crippen molar-refractivity contribution in [1.29, 1.82) is 0 Å². The number of rotatable bonds is 3. The molecule has 1 aromatic rings. The predicted octanol–water partition coefficient (Wildman–Crippen LogP) is 0.671. The minimum atomic E-state index is -3.99. The van der Waals surface area contributed by atoms with Gasteiger partial charge >= 0.3 is 16.1 Å². The molecule has 17 heavy (non-hydrogen) atoms. The van der Waals surface area contributed by atoms with E-state index in [2.05, 4.69) is 9.50 Å². The van der Waals surface area contributed by atoms with Gasteiger partial charge in [0.1, 0.15) is 10.9 Å². The van der Waals surface area contributed by atoms with E-state index in [1.165, 1.54) is 12.1 Å². The third-order valence-electron chi connectivity index (χ3n) is 2.57. The third kappa shape index (κ3) is 2.83. The molecule has 0 amide bonds. The first-order valence-electron chi connectivity index (χ1n) is 5.36. The zero-order valence-corrected chi connectivity index (χ0v) is 9.94. The first kappa shape index (κ1) is 12.1. The molecule has 0 aliphatic carbocycles. The number of hydrogen-bond acceptors (Lipinski definition) is 5. The van der Waals surface area contributed by atoms with Gasteiger partial charge in [-0.05, 0) is 31.5 Å². The maximum absolute atomic E-state index is 11.7. The molecule has 0 unspecified atom stereocenters. The molecular formula is C11H13NO4S. The van der Waals surface area contributed by atoms with Gasteiger partial charge in [-0.1, -0.05) is 18.2 Å². The molecule has 0 bridgehead atoms. The van der Waals surface area contributed by atoms with E-state index in [0.717, 1.165) is 6.42 Å². The van der Waals surface area contributed by atoms with E-state index in [1.807, 2.05) is 0 Å². The molecule has 1 aliphatic rings. The Morgan fingerprint density at radius 2 is 2.00 bits per heavy atom. The lowest BCUT2D eigenvalue weighted by molar-refractivity contribution is -0.135. The Bertz CT molecular complexity index is 491. The van der Waals surface area contributed by atoms with Gasteiger partial charge in [0.15, 0.2) is 0 Å². The predicted molar refractivity (Wildman–Crippen MR) is 60.7 cm³/mol. The molecule has 0 saturated carbocycles. The van der Waals surface area contributed by atoms with E-state index in [0.29, 0.717) is 13.0 Å². The highest BCUT2D eigenvalue weighted by Crippen LogP contribution is 2.14. The van der Waals surface area contributed by atoms with Crippen molar-refractivity contribution in [3.63, 3.8) is 0 Å². The minimum absolute atomic E-state index is 0.00801. The summed E-state index contributed by atoms with van der Waals surface area (Å²) in [5.74, 6) is -0.730. The van der Waals surface area contributed by atoms with Gasteiger partial charge in [-0.2, -0.15) is 8.42 Å². The fourth-order valence-corrected chi connectivity index (χ4v) is 2.61. The fourth-order valence-electron chi connectivity index (χ4n) is 1.69. The van der Waals surface area contributed by atoms with Crippen LogP contribution in [0.1, 0.15) is 12.8 Å². The molecule has 1 heterocycles. The summed E-state index contributed by atoms with van der Waals surface area (Å²) in [6.45, 7) is 0.713. The summed E-state index contributed by atoms with van der Waals surface area (Å²) in [7, 11) is -3.99. The average Bonchev–Trinajstić information content (AvgIpc) is 2.83. The standard InChI is InChI=1S/C11H13NO4S/c13-11(10-7-4-8-12-10)16-17(14,15)9-5-2-1-3-6-9/h1-3,5-6,10,12H,4,7-8H2/t10-/m0/s1. The Labute approximate surface area is 99.9 Å². The van der Waals surface area contributed by atoms with Crippen LogP contribution in [0.15, 0.2) is 35.2 Å². The van der Waals surface area contributed by atoms with Crippen molar-refractivity contribution >= 4 is 16.1 Å². The lowest BCUT2D eigenvalue weighted by Gasteiger charge is -2.09. The Morgan fingerprint density at radius 3 is 2.59 bits per heavy atom. The summed E-state index contributed by atoms with van der Waals surface area (Å²) in [5, 5.41) is 2.89. The van der Waals surface area contributed by atoms with Crippen LogP contribution >= 0.6 is 0 Å². The van der Waals surface area contributed by atoms with Crippen LogP contribution in [0.4, 0.5) is 0 Å². The van der Waals surface area contributed by atoms with Gasteiger partial charge in [-0.15, -0.1) is 0 Å². The van der Waals surface area contributed by atoms with Crippen molar-refractivity contribution in [2.24, 2.45) is 0 Å². The maximum atomic E-state index is 11.7. The highest BCUT2D eigenvalue weighted by Gasteiger charge is 2.28. The maximum Gasteiger partial charge on any atom is 0.341 e. The van der Waals surface area contributed by atoms with Crippen molar-refractivity contribution in [1.82, 2.24) is 5.32 Å². The van der Waals surface area contributed by atoms with Gasteiger partial charge < -0.3 is 9.50 Å². The molecule has 6 heteroatoms. The average molecular weight is 255 g/mol. The second kappa shape index (κ2) is 4.85. The highest BCUT2D eigenvalue weighted by atomic mass is 32.2. The van der Waals surface area contributed by atoms with Crippen molar-refractivity contribution < 1.29 is 17.4 Å². The number of hydrogen-bond donors (Lipinski definition) is 1. The Hall–Kier alpha value is -1.40. The molecule has 2 rings (SSSR count). The van der Waals surface area contributed by atoms with E-state index in [4.69, 9.17) is 0 Å². The summed E-state index contributed by atoms with van der Waals surface area (Å²) in [4.78, 5) is 11.6. The molecule has 1 saturated heterocycles. The van der Waals surface area contributed by atoms with Crippen molar-refractivity contribution in [3.05, 3.63) is 30.3 Å². The van der Waals surface area contributed by atoms with E-state index < -0.39 is 22.1 Å². The molecule has 0 aromatic heterocycles. The number of carbonyl (C=O) groups excluding carboxylic acids is 1. The van der Waals surface area contributed by atoms with Crippen LogP contribution in [0, 0.1) is 0 Å². The van der Waals surface area contributed by atoms with Crippen molar-refractivity contribution in [2.45, 2.75) is 23.8 Å². The molecular weight excluding hydrogens is 242 g/mol. The van der Waals surface area contributed by atoms with Crippen molar-refractivity contribution in [3.8, 4) is 0 Å². The lowest BCUT2D eigenvalue weighted by atomic mass is 10.2. The molecule has 1 atom stereocenters. The molecule has 1 fully saturated rings.